The van der Waals surface area contributed by atoms with Crippen molar-refractivity contribution >= 4 is 53.1 Å². The van der Waals surface area contributed by atoms with Gasteiger partial charge in [0.25, 0.3) is 5.91 Å². The number of hydrogen-bond donors (Lipinski definition) is 4. The third kappa shape index (κ3) is 6.01. The van der Waals surface area contributed by atoms with Gasteiger partial charge in [-0.2, -0.15) is 0 Å². The normalized spacial score (nSPS) is 18.5. The molecule has 4 heterocycles. The molecule has 0 saturated carbocycles. The number of aryl methyl sites for hydroxylation is 1. The number of benzene rings is 1. The molecule has 2 aliphatic heterocycles. The molecule has 5 rings (SSSR count). The highest BCUT2D eigenvalue weighted by Gasteiger charge is 2.54. The lowest BCUT2D eigenvalue weighted by atomic mass is 10.0. The minimum absolute atomic E-state index is 0.128. The first-order chi connectivity index (χ1) is 20.2. The van der Waals surface area contributed by atoms with Gasteiger partial charge in [0.1, 0.15) is 29.4 Å². The fourth-order valence-electron chi connectivity index (χ4n) is 4.34. The Labute approximate surface area is 246 Å². The van der Waals surface area contributed by atoms with Crippen molar-refractivity contribution in [1.82, 2.24) is 41.1 Å². The molecule has 2 aromatic heterocycles. The number of carboxylic acids is 1. The molecule has 17 heteroatoms. The summed E-state index contributed by atoms with van der Waals surface area (Å²) in [4.78, 5) is 64.7. The molecule has 3 atom stereocenters. The number of rotatable bonds is 11. The van der Waals surface area contributed by atoms with Crippen LogP contribution in [0.25, 0.3) is 0 Å². The minimum atomic E-state index is -1.25. The summed E-state index contributed by atoms with van der Waals surface area (Å²) in [6, 6.07) is 6.86. The van der Waals surface area contributed by atoms with Crippen LogP contribution >= 0.6 is 23.5 Å². The Kier molecular flexibility index (Phi) is 8.58. The number of urea groups is 1. The van der Waals surface area contributed by atoms with Gasteiger partial charge in [0.05, 0.1) is 18.4 Å². The van der Waals surface area contributed by atoms with Gasteiger partial charge >= 0.3 is 12.0 Å². The lowest BCUT2D eigenvalue weighted by Crippen LogP contribution is -2.71. The van der Waals surface area contributed by atoms with E-state index in [0.717, 1.165) is 0 Å². The van der Waals surface area contributed by atoms with E-state index < -0.39 is 41.3 Å². The van der Waals surface area contributed by atoms with Crippen LogP contribution < -0.4 is 16.0 Å². The molecule has 1 fully saturated rings. The SMILES string of the molecule is Cn1nnnc1SCC1=C(C(=O)O)N2C(=O)C(NC(=O)C(NC(=O)NCC(=O)c3ccoc3)c3ccccc3)[C@@H]2SC1. The van der Waals surface area contributed by atoms with Crippen LogP contribution in [-0.2, 0) is 21.4 Å². The average Bonchev–Trinajstić information content (AvgIpc) is 3.68. The number of aromatic nitrogens is 4. The highest BCUT2D eigenvalue weighted by Crippen LogP contribution is 2.41. The first kappa shape index (κ1) is 28.9. The molecular formula is C25H24N8O7S2. The first-order valence-electron chi connectivity index (χ1n) is 12.4. The molecule has 0 bridgehead atoms. The first-order valence-corrected chi connectivity index (χ1v) is 14.5. The number of β-lactam (4-membered cyclic amide) rings is 1. The Bertz CT molecular complexity index is 1540. The maximum atomic E-state index is 13.4. The van der Waals surface area contributed by atoms with Crippen molar-refractivity contribution in [3.05, 3.63) is 71.3 Å². The predicted molar refractivity (Wildman–Crippen MR) is 148 cm³/mol. The molecule has 0 spiro atoms. The minimum Gasteiger partial charge on any atom is -0.477 e. The predicted octanol–water partition coefficient (Wildman–Crippen LogP) is 0.557. The number of thioether (sulfide) groups is 2. The van der Waals surface area contributed by atoms with E-state index in [1.165, 1.54) is 51.7 Å². The number of nitrogens with one attached hydrogen (secondary N) is 3. The van der Waals surface area contributed by atoms with Crippen LogP contribution in [0.2, 0.25) is 0 Å². The van der Waals surface area contributed by atoms with E-state index >= 15 is 0 Å². The van der Waals surface area contributed by atoms with E-state index in [-0.39, 0.29) is 29.3 Å². The van der Waals surface area contributed by atoms with Gasteiger partial charge in [-0.3, -0.25) is 19.3 Å². The van der Waals surface area contributed by atoms with Gasteiger partial charge in [0.2, 0.25) is 11.1 Å². The van der Waals surface area contributed by atoms with E-state index in [4.69, 9.17) is 4.42 Å². The van der Waals surface area contributed by atoms with Gasteiger partial charge < -0.3 is 25.5 Å². The van der Waals surface area contributed by atoms with Crippen LogP contribution in [0.1, 0.15) is 22.0 Å². The number of Topliss-reactive ketones (excluding diaryl/α,β-unsaturated/α-hetero) is 1. The van der Waals surface area contributed by atoms with E-state index in [2.05, 4.69) is 31.5 Å². The van der Waals surface area contributed by atoms with Crippen LogP contribution in [0.3, 0.4) is 0 Å². The number of carbonyl (C=O) groups is 5. The molecule has 218 valence electrons. The number of carbonyl (C=O) groups excluding carboxylic acids is 4. The maximum Gasteiger partial charge on any atom is 0.352 e. The number of carboxylic acid groups (broad SMARTS) is 1. The molecule has 42 heavy (non-hydrogen) atoms. The number of hydrogen-bond acceptors (Lipinski definition) is 11. The van der Waals surface area contributed by atoms with Crippen LogP contribution in [0, 0.1) is 0 Å². The molecule has 2 unspecified atom stereocenters. The fraction of sp³-hybridized carbons (Fsp3) is 0.280. The number of aliphatic carboxylic acids is 1. The van der Waals surface area contributed by atoms with Crippen molar-refractivity contribution in [2.24, 2.45) is 7.05 Å². The maximum absolute atomic E-state index is 13.4. The summed E-state index contributed by atoms with van der Waals surface area (Å²) in [5, 5.41) is 28.6. The Hall–Kier alpha value is -4.64. The van der Waals surface area contributed by atoms with Crippen LogP contribution in [0.4, 0.5) is 4.79 Å². The summed E-state index contributed by atoms with van der Waals surface area (Å²) in [7, 11) is 1.66. The zero-order valence-corrected chi connectivity index (χ0v) is 23.6. The smallest absolute Gasteiger partial charge is 0.352 e. The van der Waals surface area contributed by atoms with Gasteiger partial charge in [-0.1, -0.05) is 42.1 Å². The van der Waals surface area contributed by atoms with Gasteiger partial charge in [-0.25, -0.2) is 14.3 Å². The highest BCUT2D eigenvalue weighted by molar-refractivity contribution is 8.01. The average molecular weight is 613 g/mol. The Morgan fingerprint density at radius 2 is 2.00 bits per heavy atom. The quantitative estimate of drug-likeness (QED) is 0.133. The second kappa shape index (κ2) is 12.5. The van der Waals surface area contributed by atoms with Crippen molar-refractivity contribution in [2.75, 3.05) is 18.1 Å². The summed E-state index contributed by atoms with van der Waals surface area (Å²) in [6.45, 7) is -0.332. The van der Waals surface area contributed by atoms with Crippen molar-refractivity contribution in [3.8, 4) is 0 Å². The molecule has 4 amide bonds. The zero-order chi connectivity index (χ0) is 29.8. The van der Waals surface area contributed by atoms with Crippen molar-refractivity contribution in [2.45, 2.75) is 22.6 Å². The summed E-state index contributed by atoms with van der Waals surface area (Å²) >= 11 is 2.57. The molecular weight excluding hydrogens is 588 g/mol. The Morgan fingerprint density at radius 3 is 2.67 bits per heavy atom. The number of ketones is 1. The molecule has 1 saturated heterocycles. The van der Waals surface area contributed by atoms with E-state index in [9.17, 15) is 29.1 Å². The Morgan fingerprint density at radius 1 is 1.21 bits per heavy atom. The molecule has 3 aromatic rings. The van der Waals surface area contributed by atoms with Crippen molar-refractivity contribution < 1.29 is 33.5 Å². The van der Waals surface area contributed by atoms with Crippen LogP contribution in [0.5, 0.6) is 0 Å². The summed E-state index contributed by atoms with van der Waals surface area (Å²) in [5.41, 5.74) is 1.12. The number of amides is 4. The second-order valence-corrected chi connectivity index (χ2v) is 11.2. The van der Waals surface area contributed by atoms with Gasteiger partial charge in [0, 0.05) is 18.6 Å². The summed E-state index contributed by atoms with van der Waals surface area (Å²) < 4.78 is 6.33. The van der Waals surface area contributed by atoms with Crippen LogP contribution in [0.15, 0.2) is 69.8 Å². The number of tetrazole rings is 1. The van der Waals surface area contributed by atoms with E-state index in [0.29, 0.717) is 22.0 Å². The molecule has 15 nitrogen and oxygen atoms in total. The summed E-state index contributed by atoms with van der Waals surface area (Å²) in [6.07, 6.45) is 2.59. The fourth-order valence-corrected chi connectivity index (χ4v) is 6.67. The van der Waals surface area contributed by atoms with Gasteiger partial charge in [-0.05, 0) is 27.6 Å². The van der Waals surface area contributed by atoms with Crippen molar-refractivity contribution in [1.29, 1.82) is 0 Å². The second-order valence-electron chi connectivity index (χ2n) is 9.13. The van der Waals surface area contributed by atoms with E-state index in [1.54, 1.807) is 37.4 Å². The standard InChI is InChI=1S/C25H24N8O7S2/c1-32-25(29-30-31-32)42-12-15-11-41-22-18(21(36)33(22)19(15)23(37)38)27-20(35)17(13-5-3-2-4-6-13)28-24(39)26-9-16(34)14-7-8-40-10-14/h2-8,10,17-18,22H,9,11-12H2,1H3,(H,27,35)(H,37,38)(H2,26,28,39)/t17?,18?,22-/m0/s1. The molecule has 1 aromatic carbocycles. The van der Waals surface area contributed by atoms with Gasteiger partial charge in [-0.15, -0.1) is 16.9 Å². The molecule has 0 radical (unpaired) electrons. The largest absolute Gasteiger partial charge is 0.477 e. The van der Waals surface area contributed by atoms with Crippen LogP contribution in [-0.4, -0.2) is 89.3 Å². The number of furan rings is 1. The monoisotopic (exact) mass is 612 g/mol. The highest BCUT2D eigenvalue weighted by atomic mass is 32.2. The van der Waals surface area contributed by atoms with Crippen molar-refractivity contribution in [3.63, 3.8) is 0 Å². The molecule has 4 N–H and O–H groups in total. The Balaban J connectivity index is 1.25. The van der Waals surface area contributed by atoms with Gasteiger partial charge in [0.15, 0.2) is 5.78 Å². The lowest BCUT2D eigenvalue weighted by Gasteiger charge is -2.49. The number of fused-ring (bicyclic) bond motifs is 1. The molecule has 2 aliphatic rings. The van der Waals surface area contributed by atoms with E-state index in [1.807, 2.05) is 0 Å². The topological polar surface area (TPSA) is 202 Å². The molecule has 0 aliphatic carbocycles. The summed E-state index contributed by atoms with van der Waals surface area (Å²) in [5.74, 6) is -2.32. The third-order valence-corrected chi connectivity index (χ3v) is 8.86. The third-order valence-electron chi connectivity index (χ3n) is 6.43. The lowest BCUT2D eigenvalue weighted by molar-refractivity contribution is -0.151. The zero-order valence-electron chi connectivity index (χ0n) is 21.9. The number of nitrogens with zero attached hydrogens (tertiary/aromatic N) is 5.